The predicted octanol–water partition coefficient (Wildman–Crippen LogP) is 3.09. The van der Waals surface area contributed by atoms with Crippen LogP contribution in [0.4, 0.5) is 10.1 Å². The molecule has 0 aliphatic rings. The van der Waals surface area contributed by atoms with Crippen molar-refractivity contribution in [3.63, 3.8) is 0 Å². The molecular weight excluding hydrogens is 277 g/mol. The molecule has 2 aromatic rings. The molecule has 0 aliphatic heterocycles. The van der Waals surface area contributed by atoms with Gasteiger partial charge in [0.1, 0.15) is 12.4 Å². The van der Waals surface area contributed by atoms with Gasteiger partial charge in [-0.05, 0) is 25.5 Å². The summed E-state index contributed by atoms with van der Waals surface area (Å²) in [4.78, 5) is 9.78. The van der Waals surface area contributed by atoms with E-state index in [4.69, 9.17) is 4.74 Å². The van der Waals surface area contributed by atoms with Crippen LogP contribution in [0.1, 0.15) is 25.2 Å². The molecule has 0 saturated heterocycles. The molecule has 2 rings (SSSR count). The van der Waals surface area contributed by atoms with Crippen LogP contribution in [0.3, 0.4) is 0 Å². The summed E-state index contributed by atoms with van der Waals surface area (Å²) in [5.41, 5.74) is 1.28. The highest BCUT2D eigenvalue weighted by atomic mass is 19.1. The van der Waals surface area contributed by atoms with Crippen LogP contribution in [0.25, 0.3) is 0 Å². The first-order chi connectivity index (χ1) is 10.0. The van der Waals surface area contributed by atoms with Crippen molar-refractivity contribution in [1.82, 2.24) is 9.78 Å². The van der Waals surface area contributed by atoms with Crippen molar-refractivity contribution in [2.45, 2.75) is 33.4 Å². The Morgan fingerprint density at radius 1 is 1.38 bits per heavy atom. The molecule has 0 radical (unpaired) electrons. The van der Waals surface area contributed by atoms with Gasteiger partial charge in [0.05, 0.1) is 16.3 Å². The topological polar surface area (TPSA) is 70.2 Å². The Balaban J connectivity index is 2.11. The van der Waals surface area contributed by atoms with Crippen LogP contribution in [-0.4, -0.2) is 14.7 Å². The third-order valence-electron chi connectivity index (χ3n) is 3.08. The zero-order valence-electron chi connectivity index (χ0n) is 11.9. The lowest BCUT2D eigenvalue weighted by Crippen LogP contribution is -2.06. The van der Waals surface area contributed by atoms with E-state index in [1.54, 1.807) is 0 Å². The second-order valence-corrected chi connectivity index (χ2v) is 4.46. The Bertz CT molecular complexity index is 655. The lowest BCUT2D eigenvalue weighted by atomic mass is 10.3. The maximum Gasteiger partial charge on any atom is 0.305 e. The number of rotatable bonds is 6. The van der Waals surface area contributed by atoms with Crippen molar-refractivity contribution in [3.05, 3.63) is 51.6 Å². The third kappa shape index (κ3) is 3.36. The fourth-order valence-corrected chi connectivity index (χ4v) is 1.96. The number of hydrogen-bond donors (Lipinski definition) is 0. The summed E-state index contributed by atoms with van der Waals surface area (Å²) in [6.45, 7) is 4.94. The van der Waals surface area contributed by atoms with E-state index in [-0.39, 0.29) is 12.4 Å². The highest BCUT2D eigenvalue weighted by molar-refractivity contribution is 5.38. The molecule has 0 fully saturated rings. The van der Waals surface area contributed by atoms with Crippen LogP contribution in [0.2, 0.25) is 0 Å². The van der Waals surface area contributed by atoms with E-state index < -0.39 is 16.4 Å². The van der Waals surface area contributed by atoms with Gasteiger partial charge in [-0.15, -0.1) is 0 Å². The van der Waals surface area contributed by atoms with Crippen LogP contribution >= 0.6 is 0 Å². The SMILES string of the molecule is CCc1cc(COc2ccc([N+](=O)[O-])c(F)c2)n(CC)n1. The first-order valence-corrected chi connectivity index (χ1v) is 6.67. The first kappa shape index (κ1) is 15.0. The van der Waals surface area contributed by atoms with E-state index in [9.17, 15) is 14.5 Å². The maximum atomic E-state index is 13.5. The van der Waals surface area contributed by atoms with Crippen LogP contribution in [0, 0.1) is 15.9 Å². The number of benzene rings is 1. The van der Waals surface area contributed by atoms with E-state index in [1.165, 1.54) is 6.07 Å². The summed E-state index contributed by atoms with van der Waals surface area (Å²) in [7, 11) is 0. The highest BCUT2D eigenvalue weighted by Gasteiger charge is 2.14. The number of aromatic nitrogens is 2. The Morgan fingerprint density at radius 3 is 2.71 bits per heavy atom. The molecule has 0 amide bonds. The van der Waals surface area contributed by atoms with Crippen LogP contribution < -0.4 is 4.74 Å². The van der Waals surface area contributed by atoms with Gasteiger partial charge in [0.2, 0.25) is 5.82 Å². The normalized spacial score (nSPS) is 10.6. The van der Waals surface area contributed by atoms with Crippen molar-refractivity contribution >= 4 is 5.69 Å². The van der Waals surface area contributed by atoms with Crippen molar-refractivity contribution in [1.29, 1.82) is 0 Å². The molecule has 0 bridgehead atoms. The minimum absolute atomic E-state index is 0.234. The number of aryl methyl sites for hydroxylation is 2. The molecule has 1 aromatic heterocycles. The monoisotopic (exact) mass is 293 g/mol. The molecule has 7 heteroatoms. The highest BCUT2D eigenvalue weighted by Crippen LogP contribution is 2.23. The van der Waals surface area contributed by atoms with Gasteiger partial charge >= 0.3 is 5.69 Å². The Kier molecular flexibility index (Phi) is 4.52. The maximum absolute atomic E-state index is 13.5. The summed E-state index contributed by atoms with van der Waals surface area (Å²) < 4.78 is 20.8. The predicted molar refractivity (Wildman–Crippen MR) is 74.7 cm³/mol. The molecule has 1 heterocycles. The van der Waals surface area contributed by atoms with Gasteiger partial charge in [0.25, 0.3) is 0 Å². The molecule has 0 unspecified atom stereocenters. The zero-order valence-corrected chi connectivity index (χ0v) is 11.9. The number of nitro groups is 1. The summed E-state index contributed by atoms with van der Waals surface area (Å²) in [5, 5.41) is 14.9. The van der Waals surface area contributed by atoms with Gasteiger partial charge in [-0.1, -0.05) is 6.92 Å². The fourth-order valence-electron chi connectivity index (χ4n) is 1.96. The first-order valence-electron chi connectivity index (χ1n) is 6.67. The van der Waals surface area contributed by atoms with E-state index in [1.807, 2.05) is 24.6 Å². The van der Waals surface area contributed by atoms with Crippen molar-refractivity contribution in [3.8, 4) is 5.75 Å². The number of nitro benzene ring substituents is 1. The summed E-state index contributed by atoms with van der Waals surface area (Å²) >= 11 is 0. The Hall–Kier alpha value is -2.44. The zero-order chi connectivity index (χ0) is 15.4. The average Bonchev–Trinajstić information content (AvgIpc) is 2.87. The van der Waals surface area contributed by atoms with Gasteiger partial charge in [-0.25, -0.2) is 0 Å². The largest absolute Gasteiger partial charge is 0.487 e. The van der Waals surface area contributed by atoms with E-state index in [0.29, 0.717) is 6.54 Å². The van der Waals surface area contributed by atoms with Gasteiger partial charge < -0.3 is 4.74 Å². The van der Waals surface area contributed by atoms with E-state index in [2.05, 4.69) is 5.10 Å². The van der Waals surface area contributed by atoms with Crippen LogP contribution in [0.15, 0.2) is 24.3 Å². The molecule has 112 valence electrons. The lowest BCUT2D eigenvalue weighted by molar-refractivity contribution is -0.387. The number of halogens is 1. The summed E-state index contributed by atoms with van der Waals surface area (Å²) in [6, 6.07) is 5.44. The molecule has 6 nitrogen and oxygen atoms in total. The summed E-state index contributed by atoms with van der Waals surface area (Å²) in [5.74, 6) is -0.657. The molecule has 1 aromatic carbocycles. The van der Waals surface area contributed by atoms with Crippen molar-refractivity contribution in [2.75, 3.05) is 0 Å². The second-order valence-electron chi connectivity index (χ2n) is 4.46. The van der Waals surface area contributed by atoms with E-state index >= 15 is 0 Å². The molecule has 0 spiro atoms. The quantitative estimate of drug-likeness (QED) is 0.606. The molecule has 21 heavy (non-hydrogen) atoms. The number of ether oxygens (including phenoxy) is 1. The smallest absolute Gasteiger partial charge is 0.305 e. The van der Waals surface area contributed by atoms with Gasteiger partial charge in [0.15, 0.2) is 0 Å². The van der Waals surface area contributed by atoms with Crippen molar-refractivity contribution < 1.29 is 14.1 Å². The standard InChI is InChI=1S/C14H16FN3O3/c1-3-10-7-11(17(4-2)16-10)9-21-12-5-6-14(18(19)20)13(15)8-12/h5-8H,3-4,9H2,1-2H3. The number of hydrogen-bond acceptors (Lipinski definition) is 4. The number of nitrogens with zero attached hydrogens (tertiary/aromatic N) is 3. The molecular formula is C14H16FN3O3. The summed E-state index contributed by atoms with van der Waals surface area (Å²) in [6.07, 6.45) is 0.826. The molecule has 0 saturated carbocycles. The molecule has 0 N–H and O–H groups in total. The van der Waals surface area contributed by atoms with Gasteiger partial charge in [0, 0.05) is 18.7 Å². The van der Waals surface area contributed by atoms with Crippen LogP contribution in [0.5, 0.6) is 5.75 Å². The molecule has 0 aliphatic carbocycles. The average molecular weight is 293 g/mol. The van der Waals surface area contributed by atoms with Gasteiger partial charge in [-0.2, -0.15) is 9.49 Å². The van der Waals surface area contributed by atoms with Gasteiger partial charge in [-0.3, -0.25) is 14.8 Å². The second kappa shape index (κ2) is 6.34. The molecule has 0 atom stereocenters. The minimum atomic E-state index is -0.907. The third-order valence-corrected chi connectivity index (χ3v) is 3.08. The fraction of sp³-hybridized carbons (Fsp3) is 0.357. The minimum Gasteiger partial charge on any atom is -0.487 e. The van der Waals surface area contributed by atoms with Crippen molar-refractivity contribution in [2.24, 2.45) is 0 Å². The lowest BCUT2D eigenvalue weighted by Gasteiger charge is -2.07. The van der Waals surface area contributed by atoms with Crippen LogP contribution in [-0.2, 0) is 19.6 Å². The Labute approximate surface area is 121 Å². The Morgan fingerprint density at radius 2 is 2.14 bits per heavy atom. The van der Waals surface area contributed by atoms with E-state index in [0.717, 1.165) is 29.9 Å².